The number of nitrogens with one attached hydrogen (secondary N) is 2. The molecule has 23 nitrogen and oxygen atoms in total. The van der Waals surface area contributed by atoms with Crippen LogP contribution in [0, 0.1) is 0 Å². The van der Waals surface area contributed by atoms with E-state index in [2.05, 4.69) is 40.0 Å². The van der Waals surface area contributed by atoms with Gasteiger partial charge in [0.25, 0.3) is 30.4 Å². The predicted octanol–water partition coefficient (Wildman–Crippen LogP) is 3.62. The summed E-state index contributed by atoms with van der Waals surface area (Å²) in [6, 6.07) is 11.0. The highest BCUT2D eigenvalue weighted by Gasteiger charge is 2.26. The van der Waals surface area contributed by atoms with Gasteiger partial charge in [0.2, 0.25) is 17.2 Å². The topological polar surface area (TPSA) is 369 Å². The molecule has 0 atom stereocenters. The predicted molar refractivity (Wildman–Crippen MR) is 193 cm³/mol. The Hall–Kier alpha value is -5.01. The largest absolute Gasteiger partial charge is 0.505 e. The van der Waals surface area contributed by atoms with Crippen molar-refractivity contribution in [3.05, 3.63) is 72.0 Å². The van der Waals surface area contributed by atoms with Gasteiger partial charge in [-0.3, -0.25) is 18.2 Å². The fourth-order valence-corrected chi connectivity index (χ4v) is 7.95. The number of hydrogen-bond donors (Lipinski definition) is 7. The fraction of sp³-hybridized carbons (Fsp3) is 0.0741. The molecule has 7 N–H and O–H groups in total. The first-order chi connectivity index (χ1) is 25.8. The number of rotatable bonds is 14. The van der Waals surface area contributed by atoms with Crippen molar-refractivity contribution in [2.24, 2.45) is 10.2 Å². The maximum atomic E-state index is 12.5. The van der Waals surface area contributed by atoms with Crippen LogP contribution in [0.25, 0.3) is 10.8 Å². The summed E-state index contributed by atoms with van der Waals surface area (Å²) in [6.07, 6.45) is 0. The van der Waals surface area contributed by atoms with Crippen molar-refractivity contribution in [1.82, 2.24) is 15.0 Å². The molecule has 5 rings (SSSR count). The monoisotopic (exact) mass is 895 g/mol. The Balaban J connectivity index is 1.54. The third-order valence-corrected chi connectivity index (χ3v) is 11.9. The summed E-state index contributed by atoms with van der Waals surface area (Å²) in [5.41, 5.74) is -1.28. The van der Waals surface area contributed by atoms with E-state index in [1.54, 1.807) is 0 Å². The van der Waals surface area contributed by atoms with Crippen LogP contribution in [0.1, 0.15) is 0 Å². The van der Waals surface area contributed by atoms with E-state index in [0.717, 1.165) is 48.5 Å². The van der Waals surface area contributed by atoms with E-state index >= 15 is 0 Å². The van der Waals surface area contributed by atoms with Crippen LogP contribution in [-0.4, -0.2) is 92.7 Å². The van der Waals surface area contributed by atoms with Crippen molar-refractivity contribution in [2.45, 2.75) is 19.6 Å². The Kier molecular flexibility index (Phi) is 11.7. The lowest BCUT2D eigenvalue weighted by atomic mass is 10.1. The average Bonchev–Trinajstić information content (AvgIpc) is 3.06. The maximum absolute atomic E-state index is 12.5. The number of fused-ring (bicyclic) bond motifs is 1. The van der Waals surface area contributed by atoms with Crippen molar-refractivity contribution in [1.29, 1.82) is 0 Å². The third kappa shape index (κ3) is 10.4. The quantitative estimate of drug-likeness (QED) is 0.0618. The van der Waals surface area contributed by atoms with E-state index in [9.17, 15) is 60.9 Å². The second-order valence-corrected chi connectivity index (χ2v) is 18.6. The van der Waals surface area contributed by atoms with Gasteiger partial charge < -0.3 is 15.7 Å². The smallest absolute Gasteiger partial charge is 0.397 e. The van der Waals surface area contributed by atoms with Gasteiger partial charge >= 0.3 is 10.4 Å². The number of benzene rings is 4. The van der Waals surface area contributed by atoms with E-state index in [4.69, 9.17) is 16.2 Å². The van der Waals surface area contributed by atoms with E-state index in [1.807, 2.05) is 0 Å². The molecule has 0 aliphatic heterocycles. The molecule has 29 heteroatoms. The molecule has 0 aliphatic rings. The molecule has 0 spiro atoms. The third-order valence-electron chi connectivity index (χ3n) is 7.01. The number of phenols is 1. The van der Waals surface area contributed by atoms with Crippen LogP contribution in [0.2, 0.25) is 5.28 Å². The highest BCUT2D eigenvalue weighted by Crippen LogP contribution is 2.45. The van der Waals surface area contributed by atoms with Gasteiger partial charge in [-0.2, -0.15) is 53.7 Å². The summed E-state index contributed by atoms with van der Waals surface area (Å²) in [6.45, 7) is -0.857. The number of anilines is 4. The number of sulfone groups is 1. The van der Waals surface area contributed by atoms with Crippen molar-refractivity contribution >= 4 is 108 Å². The summed E-state index contributed by atoms with van der Waals surface area (Å²) in [5.74, 6) is -2.58. The SMILES string of the molecule is O=S(=O)(O)OCCS(=O)(=O)c1ccc(Nc2nc(Cl)nc(Nc3cc(S(=O)(=O)O)cc4cc(S(=O)(=O)O)c(N=Nc5ccc(S(=O)(=O)O)cc5)c(O)c34)n2)cc1. The molecular formula is C27H22ClN7O16S5. The van der Waals surface area contributed by atoms with Gasteiger partial charge in [-0.1, -0.05) is 0 Å². The lowest BCUT2D eigenvalue weighted by molar-refractivity contribution is 0.284. The average molecular weight is 896 g/mol. The van der Waals surface area contributed by atoms with Gasteiger partial charge in [-0.15, -0.1) is 5.11 Å². The Bertz CT molecular complexity index is 2970. The lowest BCUT2D eigenvalue weighted by Crippen LogP contribution is -2.15. The second-order valence-electron chi connectivity index (χ2n) is 10.9. The highest BCUT2D eigenvalue weighted by molar-refractivity contribution is 7.91. The zero-order valence-electron chi connectivity index (χ0n) is 27.1. The number of nitrogens with zero attached hydrogens (tertiary/aromatic N) is 5. The Morgan fingerprint density at radius 2 is 1.23 bits per heavy atom. The normalized spacial score (nSPS) is 12.9. The van der Waals surface area contributed by atoms with Crippen LogP contribution < -0.4 is 10.6 Å². The van der Waals surface area contributed by atoms with Crippen molar-refractivity contribution in [2.75, 3.05) is 23.0 Å². The minimum Gasteiger partial charge on any atom is -0.505 e. The first-order valence-corrected chi connectivity index (χ1v) is 22.2. The zero-order valence-corrected chi connectivity index (χ0v) is 32.0. The summed E-state index contributed by atoms with van der Waals surface area (Å²) in [4.78, 5) is 9.16. The van der Waals surface area contributed by atoms with Crippen LogP contribution in [0.5, 0.6) is 5.75 Å². The number of halogens is 1. The van der Waals surface area contributed by atoms with Gasteiger partial charge in [0.05, 0.1) is 38.4 Å². The molecule has 0 unspecified atom stereocenters. The van der Waals surface area contributed by atoms with Gasteiger partial charge in [0.1, 0.15) is 10.6 Å². The van der Waals surface area contributed by atoms with Crippen LogP contribution in [0.15, 0.2) is 96.5 Å². The summed E-state index contributed by atoms with van der Waals surface area (Å²) >= 11 is 6.08. The number of phenolic OH excluding ortho intramolecular Hbond substituents is 1. The Morgan fingerprint density at radius 3 is 1.79 bits per heavy atom. The molecule has 0 fully saturated rings. The van der Waals surface area contributed by atoms with Gasteiger partial charge in [-0.25, -0.2) is 12.6 Å². The molecule has 298 valence electrons. The molecule has 0 bridgehead atoms. The van der Waals surface area contributed by atoms with Crippen molar-refractivity contribution < 1.29 is 69.6 Å². The Labute approximate surface area is 321 Å². The molecule has 1 aromatic heterocycles. The molecule has 1 heterocycles. The maximum Gasteiger partial charge on any atom is 0.397 e. The number of aromatic hydroxyl groups is 1. The second kappa shape index (κ2) is 15.5. The van der Waals surface area contributed by atoms with Gasteiger partial charge in [0, 0.05) is 11.1 Å². The summed E-state index contributed by atoms with van der Waals surface area (Å²) in [5, 5.41) is 22.8. The zero-order chi connectivity index (χ0) is 41.4. The molecule has 4 aromatic carbocycles. The molecule has 0 saturated heterocycles. The molecule has 0 saturated carbocycles. The van der Waals surface area contributed by atoms with Crippen LogP contribution in [-0.2, 0) is 54.8 Å². The minimum atomic E-state index is -5.25. The summed E-state index contributed by atoms with van der Waals surface area (Å²) in [7, 11) is -23.8. The molecule has 0 radical (unpaired) electrons. The molecule has 0 aliphatic carbocycles. The standard InChI is InChI=1S/C27H22ClN7O16S5/c28-25-31-26(29-15-1-5-17(6-2-15)52(37,38)10-9-51-56(48,49)50)33-27(32-25)30-20-13-19(54(42,43)44)11-14-12-21(55(45,46)47)23(24(36)22(14)20)35-34-16-3-7-18(8-4-16)53(39,40)41/h1-8,11-13,36H,9-10H2,(H,39,40,41)(H,42,43,44)(H,45,46,47)(H,48,49,50)(H2,29,30,31,32,33). The number of aromatic nitrogens is 3. The van der Waals surface area contributed by atoms with Gasteiger partial charge in [0.15, 0.2) is 15.6 Å². The Morgan fingerprint density at radius 1 is 0.661 bits per heavy atom. The molecule has 5 aromatic rings. The highest BCUT2D eigenvalue weighted by atomic mass is 35.5. The van der Waals surface area contributed by atoms with E-state index < -0.39 is 117 Å². The van der Waals surface area contributed by atoms with E-state index in [-0.39, 0.29) is 22.2 Å². The molecular weight excluding hydrogens is 874 g/mol. The number of hydrogen-bond acceptors (Lipinski definition) is 19. The van der Waals surface area contributed by atoms with Crippen LogP contribution in [0.3, 0.4) is 0 Å². The first kappa shape index (κ1) is 42.1. The van der Waals surface area contributed by atoms with Crippen LogP contribution in [0.4, 0.5) is 34.6 Å². The van der Waals surface area contributed by atoms with Crippen molar-refractivity contribution in [3.63, 3.8) is 0 Å². The number of azo groups is 1. The molecule has 0 amide bonds. The first-order valence-electron chi connectivity index (χ1n) is 14.5. The van der Waals surface area contributed by atoms with Gasteiger partial charge in [-0.05, 0) is 83.7 Å². The van der Waals surface area contributed by atoms with Crippen LogP contribution >= 0.6 is 11.6 Å². The fourth-order valence-electron chi connectivity index (χ4n) is 4.62. The minimum absolute atomic E-state index is 0.125. The summed E-state index contributed by atoms with van der Waals surface area (Å²) < 4.78 is 160. The van der Waals surface area contributed by atoms with Crippen molar-refractivity contribution in [3.8, 4) is 5.75 Å². The lowest BCUT2D eigenvalue weighted by Gasteiger charge is -2.15. The van der Waals surface area contributed by atoms with E-state index in [1.165, 1.54) is 12.1 Å². The molecule has 56 heavy (non-hydrogen) atoms. The van der Waals surface area contributed by atoms with E-state index in [0.29, 0.717) is 6.07 Å².